The Kier molecular flexibility index (Phi) is 5.22. The maximum absolute atomic E-state index is 12.4. The predicted molar refractivity (Wildman–Crippen MR) is 156 cm³/mol. The molecule has 2 N–H and O–H groups in total. The molecular weight excluding hydrogens is 498 g/mol. The standard InChI is InChI=1S/C33H21N5O2/c1-19-28-30(23-14-7-9-20-10-8-15-24(29(20)23)33(39)40)25(17-34)31(26-18-35-27-16-6-5-13-22(26)27)36-32(28)38(37-19)21-11-3-2-4-12-21/h2-16,18,35H,1H3,(H,39,40). The summed E-state index contributed by atoms with van der Waals surface area (Å²) < 4.78 is 1.79. The molecule has 0 bridgehead atoms. The number of rotatable bonds is 4. The van der Waals surface area contributed by atoms with Crippen molar-refractivity contribution in [3.05, 3.63) is 114 Å². The van der Waals surface area contributed by atoms with Gasteiger partial charge in [0.2, 0.25) is 0 Å². The molecule has 0 aliphatic rings. The molecule has 0 atom stereocenters. The Bertz CT molecular complexity index is 2160. The lowest BCUT2D eigenvalue weighted by Gasteiger charge is -2.15. The van der Waals surface area contributed by atoms with E-state index in [0.717, 1.165) is 27.5 Å². The number of hydrogen-bond donors (Lipinski definition) is 2. The number of carboxylic acids is 1. The van der Waals surface area contributed by atoms with Gasteiger partial charge in [0.25, 0.3) is 0 Å². The smallest absolute Gasteiger partial charge is 0.336 e. The van der Waals surface area contributed by atoms with Crippen LogP contribution in [0.4, 0.5) is 0 Å². The summed E-state index contributed by atoms with van der Waals surface area (Å²) in [5.74, 6) is -1.03. The minimum Gasteiger partial charge on any atom is -0.478 e. The predicted octanol–water partition coefficient (Wildman–Crippen LogP) is 7.27. The molecule has 7 rings (SSSR count). The molecule has 0 unspecified atom stereocenters. The summed E-state index contributed by atoms with van der Waals surface area (Å²) in [6.45, 7) is 1.89. The lowest BCUT2D eigenvalue weighted by molar-refractivity contribution is 0.0699. The number of nitriles is 1. The van der Waals surface area contributed by atoms with Gasteiger partial charge in [0.15, 0.2) is 5.65 Å². The van der Waals surface area contributed by atoms with E-state index in [1.165, 1.54) is 0 Å². The van der Waals surface area contributed by atoms with E-state index in [2.05, 4.69) is 11.1 Å². The van der Waals surface area contributed by atoms with Gasteiger partial charge >= 0.3 is 5.97 Å². The topological polar surface area (TPSA) is 108 Å². The van der Waals surface area contributed by atoms with Gasteiger partial charge in [-0.1, -0.05) is 66.7 Å². The molecule has 3 aromatic heterocycles. The van der Waals surface area contributed by atoms with Crippen molar-refractivity contribution in [1.29, 1.82) is 5.26 Å². The van der Waals surface area contributed by atoms with Crippen molar-refractivity contribution in [2.24, 2.45) is 0 Å². The number of nitrogens with one attached hydrogen (secondary N) is 1. The van der Waals surface area contributed by atoms with E-state index in [4.69, 9.17) is 10.1 Å². The lowest BCUT2D eigenvalue weighted by Crippen LogP contribution is -2.02. The molecule has 0 radical (unpaired) electrons. The molecule has 4 aromatic carbocycles. The number of H-pyrrole nitrogens is 1. The molecule has 0 saturated carbocycles. The van der Waals surface area contributed by atoms with Crippen LogP contribution in [-0.2, 0) is 0 Å². The molecule has 3 heterocycles. The van der Waals surface area contributed by atoms with Crippen LogP contribution >= 0.6 is 0 Å². The van der Waals surface area contributed by atoms with Crippen LogP contribution in [0.15, 0.2) is 97.2 Å². The zero-order chi connectivity index (χ0) is 27.4. The van der Waals surface area contributed by atoms with Crippen molar-refractivity contribution >= 4 is 38.7 Å². The normalized spacial score (nSPS) is 11.3. The minimum absolute atomic E-state index is 0.170. The second kappa shape index (κ2) is 8.93. The Morgan fingerprint density at radius 1 is 0.900 bits per heavy atom. The number of para-hydroxylation sites is 2. The van der Waals surface area contributed by atoms with Crippen LogP contribution in [0.3, 0.4) is 0 Å². The third-order valence-electron chi connectivity index (χ3n) is 7.35. The van der Waals surface area contributed by atoms with E-state index in [9.17, 15) is 15.2 Å². The number of aromatic carboxylic acids is 1. The highest BCUT2D eigenvalue weighted by Gasteiger charge is 2.26. The Morgan fingerprint density at radius 3 is 2.42 bits per heavy atom. The maximum atomic E-state index is 12.4. The number of hydrogen-bond acceptors (Lipinski definition) is 4. The van der Waals surface area contributed by atoms with Crippen LogP contribution in [0.1, 0.15) is 21.6 Å². The molecule has 0 fully saturated rings. The van der Waals surface area contributed by atoms with E-state index in [0.29, 0.717) is 44.5 Å². The number of aryl methyl sites for hydroxylation is 1. The number of carboxylic acid groups (broad SMARTS) is 1. The summed E-state index contributed by atoms with van der Waals surface area (Å²) in [6.07, 6.45) is 1.87. The molecule has 7 aromatic rings. The van der Waals surface area contributed by atoms with Crippen molar-refractivity contribution in [1.82, 2.24) is 19.7 Å². The summed E-state index contributed by atoms with van der Waals surface area (Å²) >= 11 is 0. The van der Waals surface area contributed by atoms with E-state index >= 15 is 0 Å². The van der Waals surface area contributed by atoms with E-state index in [-0.39, 0.29) is 5.56 Å². The Morgan fingerprint density at radius 2 is 1.65 bits per heavy atom. The highest BCUT2D eigenvalue weighted by atomic mass is 16.4. The summed E-state index contributed by atoms with van der Waals surface area (Å²) in [5.41, 5.74) is 6.12. The van der Waals surface area contributed by atoms with Crippen LogP contribution in [-0.4, -0.2) is 30.8 Å². The number of fused-ring (bicyclic) bond motifs is 3. The van der Waals surface area contributed by atoms with Crippen LogP contribution in [0, 0.1) is 18.3 Å². The molecule has 0 saturated heterocycles. The van der Waals surface area contributed by atoms with Crippen molar-refractivity contribution < 1.29 is 9.90 Å². The monoisotopic (exact) mass is 519 g/mol. The third-order valence-corrected chi connectivity index (χ3v) is 7.35. The maximum Gasteiger partial charge on any atom is 0.336 e. The second-order valence-electron chi connectivity index (χ2n) is 9.62. The summed E-state index contributed by atoms with van der Waals surface area (Å²) in [5, 5.41) is 28.7. The molecular formula is C33H21N5O2. The van der Waals surface area contributed by atoms with Gasteiger partial charge in [0.1, 0.15) is 6.07 Å². The van der Waals surface area contributed by atoms with Crippen LogP contribution in [0.25, 0.3) is 60.8 Å². The molecule has 190 valence electrons. The van der Waals surface area contributed by atoms with E-state index in [1.807, 2.05) is 92.0 Å². The fourth-order valence-corrected chi connectivity index (χ4v) is 5.63. The average Bonchev–Trinajstić information content (AvgIpc) is 3.57. The van der Waals surface area contributed by atoms with Gasteiger partial charge in [0, 0.05) is 33.6 Å². The first-order valence-electron chi connectivity index (χ1n) is 12.8. The molecule has 0 aliphatic carbocycles. The van der Waals surface area contributed by atoms with Gasteiger partial charge in [-0.25, -0.2) is 14.5 Å². The number of pyridine rings is 1. The van der Waals surface area contributed by atoms with Crippen molar-refractivity contribution in [3.8, 4) is 34.1 Å². The van der Waals surface area contributed by atoms with Crippen LogP contribution in [0.2, 0.25) is 0 Å². The van der Waals surface area contributed by atoms with E-state index in [1.54, 1.807) is 16.8 Å². The first kappa shape index (κ1) is 23.4. The Balaban J connectivity index is 1.70. The number of aromatic amines is 1. The first-order chi connectivity index (χ1) is 19.6. The number of nitrogens with zero attached hydrogens (tertiary/aromatic N) is 4. The zero-order valence-electron chi connectivity index (χ0n) is 21.4. The van der Waals surface area contributed by atoms with Gasteiger partial charge in [-0.3, -0.25) is 0 Å². The van der Waals surface area contributed by atoms with E-state index < -0.39 is 5.97 Å². The van der Waals surface area contributed by atoms with Gasteiger partial charge in [-0.2, -0.15) is 10.4 Å². The molecule has 0 aliphatic heterocycles. The van der Waals surface area contributed by atoms with Gasteiger partial charge in [-0.05, 0) is 42.1 Å². The van der Waals surface area contributed by atoms with Crippen LogP contribution in [0.5, 0.6) is 0 Å². The molecule has 40 heavy (non-hydrogen) atoms. The van der Waals surface area contributed by atoms with Crippen LogP contribution < -0.4 is 0 Å². The zero-order valence-corrected chi connectivity index (χ0v) is 21.4. The summed E-state index contributed by atoms with van der Waals surface area (Å²) in [6, 6.07) is 30.9. The molecule has 7 nitrogen and oxygen atoms in total. The second-order valence-corrected chi connectivity index (χ2v) is 9.62. The lowest BCUT2D eigenvalue weighted by atomic mass is 9.88. The van der Waals surface area contributed by atoms with Crippen molar-refractivity contribution in [2.75, 3.05) is 0 Å². The Labute approximate surface area is 228 Å². The largest absolute Gasteiger partial charge is 0.478 e. The number of aromatic nitrogens is 4. The summed E-state index contributed by atoms with van der Waals surface area (Å²) in [7, 11) is 0. The highest BCUT2D eigenvalue weighted by Crippen LogP contribution is 2.43. The molecule has 0 amide bonds. The minimum atomic E-state index is -1.03. The Hall–Kier alpha value is -5.74. The average molecular weight is 520 g/mol. The highest BCUT2D eigenvalue weighted by molar-refractivity contribution is 6.15. The van der Waals surface area contributed by atoms with Crippen molar-refractivity contribution in [2.45, 2.75) is 6.92 Å². The van der Waals surface area contributed by atoms with Gasteiger partial charge in [-0.15, -0.1) is 0 Å². The third kappa shape index (κ3) is 3.40. The SMILES string of the molecule is Cc1nn(-c2ccccc2)c2nc(-c3c[nH]c4ccccc34)c(C#N)c(-c3cccc4cccc(C(=O)O)c34)c12. The van der Waals surface area contributed by atoms with Crippen molar-refractivity contribution in [3.63, 3.8) is 0 Å². The number of carbonyl (C=O) groups is 1. The fraction of sp³-hybridized carbons (Fsp3) is 0.0303. The summed E-state index contributed by atoms with van der Waals surface area (Å²) in [4.78, 5) is 20.8. The number of benzene rings is 4. The first-order valence-corrected chi connectivity index (χ1v) is 12.8. The van der Waals surface area contributed by atoms with Gasteiger partial charge < -0.3 is 10.1 Å². The molecule has 7 heteroatoms. The van der Waals surface area contributed by atoms with Gasteiger partial charge in [0.05, 0.1) is 33.6 Å². The molecule has 0 spiro atoms. The fourth-order valence-electron chi connectivity index (χ4n) is 5.63. The quantitative estimate of drug-likeness (QED) is 0.254.